The van der Waals surface area contributed by atoms with E-state index in [1.54, 1.807) is 11.3 Å². The minimum atomic E-state index is -1.27. The van der Waals surface area contributed by atoms with Gasteiger partial charge in [-0.25, -0.2) is 0 Å². The summed E-state index contributed by atoms with van der Waals surface area (Å²) in [5.74, 6) is -0.269. The molecule has 4 nitrogen and oxygen atoms in total. The Labute approximate surface area is 147 Å². The van der Waals surface area contributed by atoms with Crippen molar-refractivity contribution in [1.82, 2.24) is 10.2 Å². The lowest BCUT2D eigenvalue weighted by atomic mass is 9.90. The van der Waals surface area contributed by atoms with E-state index in [1.807, 2.05) is 55.7 Å². The predicted molar refractivity (Wildman–Crippen MR) is 97.2 cm³/mol. The third kappa shape index (κ3) is 3.69. The van der Waals surface area contributed by atoms with Gasteiger partial charge in [-0.3, -0.25) is 4.79 Å². The van der Waals surface area contributed by atoms with Crippen LogP contribution in [-0.2, 0) is 4.79 Å². The van der Waals surface area contributed by atoms with Crippen molar-refractivity contribution in [1.29, 1.82) is 0 Å². The average molecular weight is 344 g/mol. The van der Waals surface area contributed by atoms with E-state index in [9.17, 15) is 9.90 Å². The zero-order valence-corrected chi connectivity index (χ0v) is 15.0. The maximum atomic E-state index is 12.8. The SMILES string of the molecule is Cc1ccc([C@@H](NC(=O)C2(O)CCN(C)CC2)c2cccs2)cc1. The van der Waals surface area contributed by atoms with Gasteiger partial charge >= 0.3 is 0 Å². The number of aryl methyl sites for hydroxylation is 1. The highest BCUT2D eigenvalue weighted by Gasteiger charge is 2.39. The van der Waals surface area contributed by atoms with Crippen molar-refractivity contribution in [2.45, 2.75) is 31.4 Å². The molecule has 1 saturated heterocycles. The summed E-state index contributed by atoms with van der Waals surface area (Å²) in [6, 6.07) is 12.0. The Bertz CT molecular complexity index is 674. The Kier molecular flexibility index (Phi) is 5.04. The third-order valence-electron chi connectivity index (χ3n) is 4.75. The number of hydrogen-bond acceptors (Lipinski definition) is 4. The highest BCUT2D eigenvalue weighted by atomic mass is 32.1. The first kappa shape index (κ1) is 17.1. The number of piperidine rings is 1. The smallest absolute Gasteiger partial charge is 0.252 e. The fourth-order valence-corrected chi connectivity index (χ4v) is 3.82. The molecular formula is C19H24N2O2S. The van der Waals surface area contributed by atoms with Crippen LogP contribution in [0.4, 0.5) is 0 Å². The van der Waals surface area contributed by atoms with Gasteiger partial charge < -0.3 is 15.3 Å². The van der Waals surface area contributed by atoms with Crippen LogP contribution in [-0.4, -0.2) is 41.7 Å². The van der Waals surface area contributed by atoms with Crippen LogP contribution in [0.15, 0.2) is 41.8 Å². The summed E-state index contributed by atoms with van der Waals surface area (Å²) in [5, 5.41) is 15.8. The summed E-state index contributed by atoms with van der Waals surface area (Å²) < 4.78 is 0. The van der Waals surface area contributed by atoms with E-state index in [2.05, 4.69) is 10.2 Å². The standard InChI is InChI=1S/C19H24N2O2S/c1-14-5-7-15(8-6-14)17(16-4-3-13-24-16)20-18(22)19(23)9-11-21(2)12-10-19/h3-8,13,17,23H,9-12H2,1-2H3,(H,20,22)/t17-/m1/s1. The summed E-state index contributed by atoms with van der Waals surface area (Å²) in [5.41, 5.74) is 0.948. The molecule has 128 valence electrons. The predicted octanol–water partition coefficient (Wildman–Crippen LogP) is 2.72. The summed E-state index contributed by atoms with van der Waals surface area (Å²) in [6.07, 6.45) is 0.945. The zero-order valence-electron chi connectivity index (χ0n) is 14.2. The molecule has 1 aromatic carbocycles. The van der Waals surface area contributed by atoms with Crippen LogP contribution in [0.2, 0.25) is 0 Å². The zero-order chi connectivity index (χ0) is 17.2. The molecule has 5 heteroatoms. The summed E-state index contributed by atoms with van der Waals surface area (Å²) in [6.45, 7) is 3.51. The van der Waals surface area contributed by atoms with Crippen molar-refractivity contribution in [2.75, 3.05) is 20.1 Å². The Morgan fingerprint density at radius 3 is 2.50 bits per heavy atom. The van der Waals surface area contributed by atoms with Crippen LogP contribution in [0.1, 0.15) is 34.9 Å². The van der Waals surface area contributed by atoms with Crippen molar-refractivity contribution >= 4 is 17.2 Å². The molecule has 0 radical (unpaired) electrons. The number of nitrogens with zero attached hydrogens (tertiary/aromatic N) is 1. The van der Waals surface area contributed by atoms with Gasteiger partial charge in [0, 0.05) is 18.0 Å². The van der Waals surface area contributed by atoms with Crippen LogP contribution in [0.25, 0.3) is 0 Å². The number of nitrogens with one attached hydrogen (secondary N) is 1. The minimum absolute atomic E-state index is 0.221. The molecule has 1 aromatic heterocycles. The quantitative estimate of drug-likeness (QED) is 0.897. The lowest BCUT2D eigenvalue weighted by Crippen LogP contribution is -2.53. The summed E-state index contributed by atoms with van der Waals surface area (Å²) in [4.78, 5) is 16.0. The van der Waals surface area contributed by atoms with Gasteiger partial charge in [0.15, 0.2) is 0 Å². The molecule has 3 rings (SSSR count). The van der Waals surface area contributed by atoms with E-state index in [0.717, 1.165) is 23.5 Å². The number of carbonyl (C=O) groups is 1. The molecule has 0 aliphatic carbocycles. The van der Waals surface area contributed by atoms with Crippen LogP contribution in [0, 0.1) is 6.92 Å². The normalized spacial score (nSPS) is 19.0. The van der Waals surface area contributed by atoms with Gasteiger partial charge in [-0.1, -0.05) is 35.9 Å². The van der Waals surface area contributed by atoms with Crippen molar-refractivity contribution < 1.29 is 9.90 Å². The van der Waals surface area contributed by atoms with Crippen molar-refractivity contribution in [3.05, 3.63) is 57.8 Å². The van der Waals surface area contributed by atoms with E-state index in [0.29, 0.717) is 12.8 Å². The van der Waals surface area contributed by atoms with Gasteiger partial charge in [-0.05, 0) is 43.8 Å². The Morgan fingerprint density at radius 1 is 1.25 bits per heavy atom. The minimum Gasteiger partial charge on any atom is -0.380 e. The van der Waals surface area contributed by atoms with E-state index >= 15 is 0 Å². The molecule has 1 aliphatic rings. The lowest BCUT2D eigenvalue weighted by Gasteiger charge is -2.36. The number of carbonyl (C=O) groups excluding carboxylic acids is 1. The molecule has 0 bridgehead atoms. The van der Waals surface area contributed by atoms with Crippen LogP contribution >= 0.6 is 11.3 Å². The molecule has 1 fully saturated rings. The Hall–Kier alpha value is -1.69. The van der Waals surface area contributed by atoms with Gasteiger partial charge in [0.1, 0.15) is 5.60 Å². The van der Waals surface area contributed by atoms with Crippen LogP contribution in [0.5, 0.6) is 0 Å². The molecule has 2 heterocycles. The maximum absolute atomic E-state index is 12.8. The molecule has 2 N–H and O–H groups in total. The van der Waals surface area contributed by atoms with E-state index in [4.69, 9.17) is 0 Å². The van der Waals surface area contributed by atoms with Crippen LogP contribution in [0.3, 0.4) is 0 Å². The van der Waals surface area contributed by atoms with Gasteiger partial charge in [0.25, 0.3) is 5.91 Å². The molecule has 1 atom stereocenters. The van der Waals surface area contributed by atoms with E-state index in [1.165, 1.54) is 5.56 Å². The van der Waals surface area contributed by atoms with Crippen molar-refractivity contribution in [2.24, 2.45) is 0 Å². The maximum Gasteiger partial charge on any atom is 0.252 e. The van der Waals surface area contributed by atoms with E-state index in [-0.39, 0.29) is 11.9 Å². The second-order valence-electron chi connectivity index (χ2n) is 6.67. The number of rotatable bonds is 4. The molecule has 0 unspecified atom stereocenters. The number of likely N-dealkylation sites (tertiary alicyclic amines) is 1. The highest BCUT2D eigenvalue weighted by Crippen LogP contribution is 2.29. The van der Waals surface area contributed by atoms with Crippen molar-refractivity contribution in [3.8, 4) is 0 Å². The number of thiophene rings is 1. The molecule has 1 aliphatic heterocycles. The van der Waals surface area contributed by atoms with Crippen molar-refractivity contribution in [3.63, 3.8) is 0 Å². The fourth-order valence-electron chi connectivity index (χ4n) is 3.01. The van der Waals surface area contributed by atoms with Gasteiger partial charge in [-0.2, -0.15) is 0 Å². The van der Waals surface area contributed by atoms with Gasteiger partial charge in [0.05, 0.1) is 6.04 Å². The lowest BCUT2D eigenvalue weighted by molar-refractivity contribution is -0.144. The molecule has 2 aromatic rings. The number of aliphatic hydroxyl groups is 1. The van der Waals surface area contributed by atoms with E-state index < -0.39 is 5.60 Å². The first-order valence-electron chi connectivity index (χ1n) is 8.30. The molecule has 1 amide bonds. The summed E-state index contributed by atoms with van der Waals surface area (Å²) in [7, 11) is 2.01. The van der Waals surface area contributed by atoms with Gasteiger partial charge in [-0.15, -0.1) is 11.3 Å². The molecule has 0 spiro atoms. The number of hydrogen-bond donors (Lipinski definition) is 2. The fraction of sp³-hybridized carbons (Fsp3) is 0.421. The largest absolute Gasteiger partial charge is 0.380 e. The van der Waals surface area contributed by atoms with Crippen LogP contribution < -0.4 is 5.32 Å². The summed E-state index contributed by atoms with van der Waals surface area (Å²) >= 11 is 1.61. The van der Waals surface area contributed by atoms with Gasteiger partial charge in [0.2, 0.25) is 0 Å². The first-order chi connectivity index (χ1) is 11.5. The molecular weight excluding hydrogens is 320 g/mol. The Balaban J connectivity index is 1.82. The molecule has 0 saturated carbocycles. The monoisotopic (exact) mass is 344 g/mol. The topological polar surface area (TPSA) is 52.6 Å². The average Bonchev–Trinajstić information content (AvgIpc) is 3.10. The number of benzene rings is 1. The molecule has 24 heavy (non-hydrogen) atoms. The second-order valence-corrected chi connectivity index (χ2v) is 7.65. The number of amides is 1. The first-order valence-corrected chi connectivity index (χ1v) is 9.18. The second kappa shape index (κ2) is 7.05. The third-order valence-corrected chi connectivity index (χ3v) is 5.69. The Morgan fingerprint density at radius 2 is 1.92 bits per heavy atom. The highest BCUT2D eigenvalue weighted by molar-refractivity contribution is 7.10.